The van der Waals surface area contributed by atoms with Crippen molar-refractivity contribution in [1.29, 1.82) is 0 Å². The third kappa shape index (κ3) is 2.86. The molecule has 0 aromatic carbocycles. The Labute approximate surface area is 119 Å². The maximum Gasteiger partial charge on any atom is 0.165 e. The summed E-state index contributed by atoms with van der Waals surface area (Å²) in [6, 6.07) is 1.36. The van der Waals surface area contributed by atoms with Crippen molar-refractivity contribution in [1.82, 2.24) is 30.4 Å². The van der Waals surface area contributed by atoms with Gasteiger partial charge in [-0.3, -0.25) is 4.90 Å². The highest BCUT2D eigenvalue weighted by atomic mass is 15.6. The average molecular weight is 276 g/mol. The number of piperidine rings is 1. The van der Waals surface area contributed by atoms with Crippen molar-refractivity contribution >= 4 is 0 Å². The maximum atomic E-state index is 4.27. The van der Waals surface area contributed by atoms with Gasteiger partial charge in [0.1, 0.15) is 0 Å². The zero-order valence-electron chi connectivity index (χ0n) is 12.0. The van der Waals surface area contributed by atoms with Gasteiger partial charge in [-0.25, -0.2) is 4.68 Å². The van der Waals surface area contributed by atoms with Crippen LogP contribution >= 0.6 is 0 Å². The Morgan fingerprint density at radius 2 is 2.10 bits per heavy atom. The van der Waals surface area contributed by atoms with E-state index in [2.05, 4.69) is 30.4 Å². The molecule has 110 valence electrons. The molecule has 1 aromatic heterocycles. The molecule has 20 heavy (non-hydrogen) atoms. The first-order valence-electron chi connectivity index (χ1n) is 8.11. The first-order chi connectivity index (χ1) is 9.90. The molecule has 1 N–H and O–H groups in total. The van der Waals surface area contributed by atoms with E-state index in [9.17, 15) is 0 Å². The molecule has 1 saturated heterocycles. The van der Waals surface area contributed by atoms with Crippen LogP contribution in [0.25, 0.3) is 0 Å². The van der Waals surface area contributed by atoms with E-state index in [1.165, 1.54) is 58.2 Å². The highest BCUT2D eigenvalue weighted by molar-refractivity contribution is 4.94. The van der Waals surface area contributed by atoms with Gasteiger partial charge < -0.3 is 5.32 Å². The molecule has 1 aromatic rings. The monoisotopic (exact) mass is 276 g/mol. The van der Waals surface area contributed by atoms with E-state index in [-0.39, 0.29) is 0 Å². The van der Waals surface area contributed by atoms with Gasteiger partial charge in [-0.2, -0.15) is 0 Å². The van der Waals surface area contributed by atoms with Gasteiger partial charge in [0, 0.05) is 12.6 Å². The zero-order valence-corrected chi connectivity index (χ0v) is 12.0. The van der Waals surface area contributed by atoms with Crippen LogP contribution in [-0.2, 0) is 6.54 Å². The molecule has 1 atom stereocenters. The highest BCUT2D eigenvalue weighted by Gasteiger charge is 2.34. The van der Waals surface area contributed by atoms with E-state index >= 15 is 0 Å². The van der Waals surface area contributed by atoms with Gasteiger partial charge in [0.25, 0.3) is 0 Å². The summed E-state index contributed by atoms with van der Waals surface area (Å²) in [4.78, 5) is 2.63. The van der Waals surface area contributed by atoms with Crippen molar-refractivity contribution in [2.75, 3.05) is 19.6 Å². The van der Waals surface area contributed by atoms with Crippen molar-refractivity contribution in [2.24, 2.45) is 5.92 Å². The van der Waals surface area contributed by atoms with Gasteiger partial charge >= 0.3 is 0 Å². The Balaban J connectivity index is 1.41. The first kappa shape index (κ1) is 12.7. The second-order valence-corrected chi connectivity index (χ2v) is 6.64. The summed E-state index contributed by atoms with van der Waals surface area (Å²) >= 11 is 0. The molecule has 1 aliphatic heterocycles. The molecule has 0 amide bonds. The predicted molar refractivity (Wildman–Crippen MR) is 75.1 cm³/mol. The van der Waals surface area contributed by atoms with E-state index < -0.39 is 0 Å². The number of hydrogen-bond acceptors (Lipinski definition) is 5. The lowest BCUT2D eigenvalue weighted by molar-refractivity contribution is 0.186. The van der Waals surface area contributed by atoms with E-state index in [1.54, 1.807) is 0 Å². The van der Waals surface area contributed by atoms with E-state index in [4.69, 9.17) is 0 Å². The van der Waals surface area contributed by atoms with E-state index in [1.807, 2.05) is 0 Å². The molecule has 6 nitrogen and oxygen atoms in total. The highest BCUT2D eigenvalue weighted by Crippen LogP contribution is 2.35. The van der Waals surface area contributed by atoms with Crippen molar-refractivity contribution in [3.63, 3.8) is 0 Å². The van der Waals surface area contributed by atoms with Crippen molar-refractivity contribution in [3.8, 4) is 0 Å². The fraction of sp³-hybridized carbons (Fsp3) is 0.929. The average Bonchev–Trinajstić information content (AvgIpc) is 3.39. The van der Waals surface area contributed by atoms with E-state index in [0.29, 0.717) is 6.04 Å². The standard InChI is InChI=1S/C14H24N6/c1-2-11(8-15-7-1)9-19(12-3-4-12)10-14-16-17-18-20(14)13-5-6-13/h11-13,15H,1-10H2. The van der Waals surface area contributed by atoms with Crippen molar-refractivity contribution < 1.29 is 0 Å². The second kappa shape index (κ2) is 5.41. The first-order valence-corrected chi connectivity index (χ1v) is 8.11. The molecule has 0 spiro atoms. The molecule has 2 aliphatic carbocycles. The van der Waals surface area contributed by atoms with Crippen LogP contribution in [0, 0.1) is 5.92 Å². The Kier molecular flexibility index (Phi) is 3.44. The Morgan fingerprint density at radius 1 is 1.20 bits per heavy atom. The van der Waals surface area contributed by atoms with Gasteiger partial charge in [-0.15, -0.1) is 5.10 Å². The minimum Gasteiger partial charge on any atom is -0.316 e. The SMILES string of the molecule is C1CNCC(CN(Cc2nnnn2C2CC2)C2CC2)C1. The topological polar surface area (TPSA) is 58.9 Å². The minimum absolute atomic E-state index is 0.581. The summed E-state index contributed by atoms with van der Waals surface area (Å²) in [5.41, 5.74) is 0. The quantitative estimate of drug-likeness (QED) is 0.839. The lowest BCUT2D eigenvalue weighted by Crippen LogP contribution is -2.39. The number of aromatic nitrogens is 4. The summed E-state index contributed by atoms with van der Waals surface area (Å²) in [6.07, 6.45) is 7.88. The van der Waals surface area contributed by atoms with Crippen LogP contribution in [0.2, 0.25) is 0 Å². The Morgan fingerprint density at radius 3 is 2.80 bits per heavy atom. The second-order valence-electron chi connectivity index (χ2n) is 6.64. The summed E-state index contributed by atoms with van der Waals surface area (Å²) in [5.74, 6) is 1.87. The number of nitrogens with one attached hydrogen (secondary N) is 1. The van der Waals surface area contributed by atoms with Gasteiger partial charge in [0.2, 0.25) is 0 Å². The molecule has 2 saturated carbocycles. The molecule has 3 fully saturated rings. The van der Waals surface area contributed by atoms with Gasteiger partial charge in [0.15, 0.2) is 5.82 Å². The van der Waals surface area contributed by atoms with Gasteiger partial charge in [0.05, 0.1) is 12.6 Å². The third-order valence-corrected chi connectivity index (χ3v) is 4.75. The van der Waals surface area contributed by atoms with Crippen LogP contribution in [0.3, 0.4) is 0 Å². The van der Waals surface area contributed by atoms with Gasteiger partial charge in [-0.05, 0) is 68.0 Å². The normalized spacial score (nSPS) is 27.1. The lowest BCUT2D eigenvalue weighted by atomic mass is 9.99. The molecular weight excluding hydrogens is 252 g/mol. The summed E-state index contributed by atoms with van der Waals surface area (Å²) < 4.78 is 2.06. The zero-order chi connectivity index (χ0) is 13.4. The van der Waals surface area contributed by atoms with Crippen molar-refractivity contribution in [3.05, 3.63) is 5.82 Å². The summed E-state index contributed by atoms with van der Waals surface area (Å²) in [5, 5.41) is 15.9. The van der Waals surface area contributed by atoms with Crippen LogP contribution in [0.5, 0.6) is 0 Å². The third-order valence-electron chi connectivity index (χ3n) is 4.75. The van der Waals surface area contributed by atoms with Crippen LogP contribution in [0.15, 0.2) is 0 Å². The molecule has 3 aliphatic rings. The van der Waals surface area contributed by atoms with Crippen LogP contribution in [-0.4, -0.2) is 50.8 Å². The molecule has 2 heterocycles. The Bertz CT molecular complexity index is 444. The molecule has 4 rings (SSSR count). The molecular formula is C14H24N6. The van der Waals surface area contributed by atoms with Crippen LogP contribution in [0.4, 0.5) is 0 Å². The Hall–Kier alpha value is -1.01. The maximum absolute atomic E-state index is 4.27. The molecule has 0 bridgehead atoms. The van der Waals surface area contributed by atoms with Gasteiger partial charge in [-0.1, -0.05) is 0 Å². The fourth-order valence-electron chi connectivity index (χ4n) is 3.29. The van der Waals surface area contributed by atoms with Crippen LogP contribution in [0.1, 0.15) is 50.4 Å². The summed E-state index contributed by atoms with van der Waals surface area (Å²) in [6.45, 7) is 4.51. The van der Waals surface area contributed by atoms with Crippen molar-refractivity contribution in [2.45, 2.75) is 57.2 Å². The number of rotatable bonds is 6. The minimum atomic E-state index is 0.581. The molecule has 0 radical (unpaired) electrons. The largest absolute Gasteiger partial charge is 0.316 e. The molecule has 6 heteroatoms. The van der Waals surface area contributed by atoms with E-state index in [0.717, 1.165) is 24.3 Å². The lowest BCUT2D eigenvalue weighted by Gasteiger charge is -2.29. The fourth-order valence-corrected chi connectivity index (χ4v) is 3.29. The molecule has 1 unspecified atom stereocenters. The van der Waals surface area contributed by atoms with Crippen LogP contribution < -0.4 is 5.32 Å². The smallest absolute Gasteiger partial charge is 0.165 e. The number of hydrogen-bond donors (Lipinski definition) is 1. The number of tetrazole rings is 1. The number of nitrogens with zero attached hydrogens (tertiary/aromatic N) is 5. The summed E-state index contributed by atoms with van der Waals surface area (Å²) in [7, 11) is 0. The predicted octanol–water partition coefficient (Wildman–Crippen LogP) is 0.972.